The minimum absolute atomic E-state index is 0.516. The average Bonchev–Trinajstić information content (AvgIpc) is 2.52. The predicted molar refractivity (Wildman–Crippen MR) is 95.5 cm³/mol. The maximum absolute atomic E-state index is 5.96. The molecule has 124 valence electrons. The van der Waals surface area contributed by atoms with E-state index in [1.807, 2.05) is 0 Å². The van der Waals surface area contributed by atoms with Gasteiger partial charge < -0.3 is 4.74 Å². The van der Waals surface area contributed by atoms with Crippen molar-refractivity contribution in [3.05, 3.63) is 35.4 Å². The zero-order valence-corrected chi connectivity index (χ0v) is 15.0. The van der Waals surface area contributed by atoms with Crippen molar-refractivity contribution in [2.24, 2.45) is 11.8 Å². The Morgan fingerprint density at radius 3 is 2.36 bits per heavy atom. The summed E-state index contributed by atoms with van der Waals surface area (Å²) in [7, 11) is 0. The van der Waals surface area contributed by atoms with Crippen LogP contribution in [0.1, 0.15) is 82.8 Å². The zero-order chi connectivity index (χ0) is 15.9. The smallest absolute Gasteiger partial charge is 0.0537 e. The molecule has 1 aliphatic rings. The second-order valence-corrected chi connectivity index (χ2v) is 7.79. The van der Waals surface area contributed by atoms with Crippen molar-refractivity contribution in [3.8, 4) is 0 Å². The fourth-order valence-electron chi connectivity index (χ4n) is 3.58. The maximum Gasteiger partial charge on any atom is 0.0537 e. The zero-order valence-electron chi connectivity index (χ0n) is 15.0. The summed E-state index contributed by atoms with van der Waals surface area (Å²) in [6.07, 6.45) is 6.98. The summed E-state index contributed by atoms with van der Waals surface area (Å²) in [5.74, 6) is 2.54. The van der Waals surface area contributed by atoms with E-state index in [4.69, 9.17) is 4.74 Å². The lowest BCUT2D eigenvalue weighted by molar-refractivity contribution is 0.0876. The van der Waals surface area contributed by atoms with Crippen LogP contribution in [0, 0.1) is 11.8 Å². The van der Waals surface area contributed by atoms with Crippen molar-refractivity contribution in [3.63, 3.8) is 0 Å². The quantitative estimate of drug-likeness (QED) is 0.587. The van der Waals surface area contributed by atoms with Crippen LogP contribution in [0.2, 0.25) is 0 Å². The number of ether oxygens (including phenoxy) is 1. The van der Waals surface area contributed by atoms with Gasteiger partial charge in [0.25, 0.3) is 0 Å². The molecule has 0 heterocycles. The Hall–Kier alpha value is -0.820. The molecule has 0 spiro atoms. The number of hydrogen-bond donors (Lipinski definition) is 0. The fourth-order valence-corrected chi connectivity index (χ4v) is 3.58. The molecule has 0 radical (unpaired) electrons. The summed E-state index contributed by atoms with van der Waals surface area (Å²) in [5.41, 5.74) is 3.04. The van der Waals surface area contributed by atoms with Gasteiger partial charge in [0.05, 0.1) is 6.61 Å². The molecule has 0 amide bonds. The van der Waals surface area contributed by atoms with Gasteiger partial charge in [0, 0.05) is 12.5 Å². The summed E-state index contributed by atoms with van der Waals surface area (Å²) >= 11 is 0. The third-order valence-corrected chi connectivity index (χ3v) is 4.97. The van der Waals surface area contributed by atoms with Crippen molar-refractivity contribution in [1.29, 1.82) is 0 Å². The Bertz CT molecular complexity index is 429. The van der Waals surface area contributed by atoms with Crippen LogP contribution in [0.3, 0.4) is 0 Å². The first-order valence-corrected chi connectivity index (χ1v) is 9.25. The maximum atomic E-state index is 5.96. The highest BCUT2D eigenvalue weighted by Gasteiger charge is 2.20. The van der Waals surface area contributed by atoms with Crippen molar-refractivity contribution in [1.82, 2.24) is 0 Å². The molecule has 1 fully saturated rings. The number of benzene rings is 1. The van der Waals surface area contributed by atoms with Crippen molar-refractivity contribution < 1.29 is 4.74 Å². The van der Waals surface area contributed by atoms with Crippen LogP contribution in [0.4, 0.5) is 0 Å². The number of hydrogen-bond acceptors (Lipinski definition) is 1. The van der Waals surface area contributed by atoms with Gasteiger partial charge in [-0.25, -0.2) is 0 Å². The van der Waals surface area contributed by atoms with E-state index >= 15 is 0 Å². The van der Waals surface area contributed by atoms with Crippen LogP contribution in [-0.2, 0) is 4.74 Å². The molecule has 0 aromatic heterocycles. The van der Waals surface area contributed by atoms with E-state index in [-0.39, 0.29) is 0 Å². The summed E-state index contributed by atoms with van der Waals surface area (Å²) < 4.78 is 5.96. The average molecular weight is 303 g/mol. The lowest BCUT2D eigenvalue weighted by Gasteiger charge is -2.26. The molecule has 1 aromatic carbocycles. The van der Waals surface area contributed by atoms with Crippen LogP contribution in [0.15, 0.2) is 24.3 Å². The highest BCUT2D eigenvalue weighted by molar-refractivity contribution is 5.29. The highest BCUT2D eigenvalue weighted by Crippen LogP contribution is 2.34. The van der Waals surface area contributed by atoms with E-state index in [0.717, 1.165) is 19.1 Å². The third-order valence-electron chi connectivity index (χ3n) is 4.97. The molecule has 1 aromatic rings. The molecular weight excluding hydrogens is 268 g/mol. The second kappa shape index (κ2) is 8.72. The lowest BCUT2D eigenvalue weighted by atomic mass is 9.81. The van der Waals surface area contributed by atoms with Crippen LogP contribution >= 0.6 is 0 Å². The van der Waals surface area contributed by atoms with Crippen molar-refractivity contribution in [2.75, 3.05) is 13.2 Å². The normalized spacial score (nSPS) is 18.1. The predicted octanol–water partition coefficient (Wildman–Crippen LogP) is 6.15. The second-order valence-electron chi connectivity index (χ2n) is 7.79. The molecule has 1 heteroatoms. The Balaban J connectivity index is 2.06. The van der Waals surface area contributed by atoms with Gasteiger partial charge in [-0.05, 0) is 41.7 Å². The highest BCUT2D eigenvalue weighted by atomic mass is 16.5. The summed E-state index contributed by atoms with van der Waals surface area (Å²) in [4.78, 5) is 0. The van der Waals surface area contributed by atoms with E-state index in [0.29, 0.717) is 17.8 Å². The third kappa shape index (κ3) is 5.12. The summed E-state index contributed by atoms with van der Waals surface area (Å²) in [6, 6.07) is 9.37. The Kier molecular flexibility index (Phi) is 6.95. The van der Waals surface area contributed by atoms with E-state index in [9.17, 15) is 0 Å². The van der Waals surface area contributed by atoms with Gasteiger partial charge in [0.2, 0.25) is 0 Å². The first-order valence-electron chi connectivity index (χ1n) is 9.25. The standard InChI is InChI=1S/C21H34O/c1-16(2)14-22-15-21(17(3)4)20-12-8-11-19(13-20)18-9-6-5-7-10-18/h8,11-13,16-18,21H,5-7,9-10,14-15H2,1-4H3. The molecule has 1 unspecified atom stereocenters. The van der Waals surface area contributed by atoms with Crippen LogP contribution in [-0.4, -0.2) is 13.2 Å². The van der Waals surface area contributed by atoms with Crippen LogP contribution < -0.4 is 0 Å². The first-order chi connectivity index (χ1) is 10.6. The van der Waals surface area contributed by atoms with Crippen molar-refractivity contribution in [2.45, 2.75) is 71.6 Å². The largest absolute Gasteiger partial charge is 0.381 e. The van der Waals surface area contributed by atoms with E-state index in [2.05, 4.69) is 52.0 Å². The molecule has 1 atom stereocenters. The molecule has 1 aliphatic carbocycles. The molecule has 0 aliphatic heterocycles. The molecule has 0 N–H and O–H groups in total. The van der Waals surface area contributed by atoms with Gasteiger partial charge in [0.15, 0.2) is 0 Å². The van der Waals surface area contributed by atoms with Crippen LogP contribution in [0.25, 0.3) is 0 Å². The molecule has 1 nitrogen and oxygen atoms in total. The van der Waals surface area contributed by atoms with E-state index < -0.39 is 0 Å². The lowest BCUT2D eigenvalue weighted by Crippen LogP contribution is -2.16. The minimum atomic E-state index is 0.516. The van der Waals surface area contributed by atoms with Gasteiger partial charge in [0.1, 0.15) is 0 Å². The Morgan fingerprint density at radius 1 is 1.00 bits per heavy atom. The molecular formula is C21H34O. The minimum Gasteiger partial charge on any atom is -0.381 e. The Labute approximate surface area is 137 Å². The van der Waals surface area contributed by atoms with Gasteiger partial charge >= 0.3 is 0 Å². The topological polar surface area (TPSA) is 9.23 Å². The first kappa shape index (κ1) is 17.5. The van der Waals surface area contributed by atoms with E-state index in [1.165, 1.54) is 37.7 Å². The SMILES string of the molecule is CC(C)COCC(c1cccc(C2CCCCC2)c1)C(C)C. The van der Waals surface area contributed by atoms with Crippen molar-refractivity contribution >= 4 is 0 Å². The molecule has 1 saturated carbocycles. The van der Waals surface area contributed by atoms with Gasteiger partial charge in [-0.3, -0.25) is 0 Å². The number of rotatable bonds is 7. The monoisotopic (exact) mass is 302 g/mol. The van der Waals surface area contributed by atoms with Gasteiger partial charge in [-0.15, -0.1) is 0 Å². The molecule has 0 bridgehead atoms. The molecule has 0 saturated heterocycles. The molecule has 2 rings (SSSR count). The van der Waals surface area contributed by atoms with Crippen LogP contribution in [0.5, 0.6) is 0 Å². The molecule has 22 heavy (non-hydrogen) atoms. The van der Waals surface area contributed by atoms with Gasteiger partial charge in [-0.1, -0.05) is 71.2 Å². The van der Waals surface area contributed by atoms with Gasteiger partial charge in [-0.2, -0.15) is 0 Å². The Morgan fingerprint density at radius 2 is 1.73 bits per heavy atom. The van der Waals surface area contributed by atoms with E-state index in [1.54, 1.807) is 5.56 Å². The summed E-state index contributed by atoms with van der Waals surface area (Å²) in [5, 5.41) is 0. The summed E-state index contributed by atoms with van der Waals surface area (Å²) in [6.45, 7) is 10.8. The fraction of sp³-hybridized carbons (Fsp3) is 0.714.